The minimum absolute atomic E-state index is 0.575. The smallest absolute Gasteiger partial charge is 0.0412 e. The van der Waals surface area contributed by atoms with Crippen molar-refractivity contribution < 1.29 is 0 Å². The van der Waals surface area contributed by atoms with E-state index in [1.807, 2.05) is 0 Å². The third kappa shape index (κ3) is 2.58. The largest absolute Gasteiger partial charge is 0.366 e. The van der Waals surface area contributed by atoms with Gasteiger partial charge in [-0.05, 0) is 37.6 Å². The van der Waals surface area contributed by atoms with Gasteiger partial charge in [-0.3, -0.25) is 0 Å². The normalized spacial score (nSPS) is 25.8. The van der Waals surface area contributed by atoms with E-state index in [0.717, 1.165) is 17.6 Å². The van der Waals surface area contributed by atoms with Crippen molar-refractivity contribution in [1.29, 1.82) is 0 Å². The lowest BCUT2D eigenvalue weighted by molar-refractivity contribution is 0.402. The summed E-state index contributed by atoms with van der Waals surface area (Å²) >= 11 is 3.48. The monoisotopic (exact) mass is 282 g/mol. The Balaban J connectivity index is 2.18. The Hall–Kier alpha value is -0.540. The van der Waals surface area contributed by atoms with E-state index in [-0.39, 0.29) is 0 Å². The molecule has 0 spiro atoms. The molecule has 2 atom stereocenters. The van der Waals surface area contributed by atoms with Gasteiger partial charge in [0.1, 0.15) is 0 Å². The molecule has 0 radical (unpaired) electrons. The summed E-state index contributed by atoms with van der Waals surface area (Å²) in [5.41, 5.74) is 1.34. The third-order valence-corrected chi connectivity index (χ3v) is 3.77. The van der Waals surface area contributed by atoms with Crippen LogP contribution in [0.2, 0.25) is 0 Å². The highest BCUT2D eigenvalue weighted by Gasteiger charge is 2.24. The van der Waals surface area contributed by atoms with Crippen molar-refractivity contribution in [3.8, 4) is 0 Å². The van der Waals surface area contributed by atoms with Gasteiger partial charge in [0.25, 0.3) is 0 Å². The van der Waals surface area contributed by atoms with Crippen LogP contribution >= 0.6 is 15.9 Å². The predicted octanol–water partition coefficient (Wildman–Crippen LogP) is 3.03. The number of piperazine rings is 1. The van der Waals surface area contributed by atoms with E-state index in [9.17, 15) is 0 Å². The van der Waals surface area contributed by atoms with Crippen molar-refractivity contribution in [3.63, 3.8) is 0 Å². The first kappa shape index (κ1) is 11.9. The first-order chi connectivity index (χ1) is 7.70. The van der Waals surface area contributed by atoms with Crippen LogP contribution in [0.15, 0.2) is 28.7 Å². The molecule has 1 aliphatic heterocycles. The Bertz CT molecular complexity index is 336. The summed E-state index contributed by atoms with van der Waals surface area (Å²) in [6.07, 6.45) is 1.19. The molecule has 1 heterocycles. The number of nitrogens with zero attached hydrogens (tertiary/aromatic N) is 1. The summed E-state index contributed by atoms with van der Waals surface area (Å²) in [5, 5.41) is 3.54. The number of benzene rings is 1. The lowest BCUT2D eigenvalue weighted by Crippen LogP contribution is -2.55. The molecule has 1 aromatic carbocycles. The number of rotatable bonds is 2. The topological polar surface area (TPSA) is 15.3 Å². The maximum Gasteiger partial charge on any atom is 0.0412 e. The summed E-state index contributed by atoms with van der Waals surface area (Å²) in [7, 11) is 0. The molecule has 0 aliphatic carbocycles. The van der Waals surface area contributed by atoms with Crippen molar-refractivity contribution in [2.75, 3.05) is 18.0 Å². The Morgan fingerprint density at radius 3 is 2.69 bits per heavy atom. The van der Waals surface area contributed by atoms with Gasteiger partial charge in [0, 0.05) is 35.3 Å². The number of hydrogen-bond acceptors (Lipinski definition) is 2. The maximum absolute atomic E-state index is 3.54. The van der Waals surface area contributed by atoms with E-state index < -0.39 is 0 Å². The molecule has 3 heteroatoms. The first-order valence-electron chi connectivity index (χ1n) is 5.96. The number of hydrogen-bond donors (Lipinski definition) is 1. The zero-order valence-corrected chi connectivity index (χ0v) is 11.5. The first-order valence-corrected chi connectivity index (χ1v) is 6.75. The Morgan fingerprint density at radius 2 is 2.06 bits per heavy atom. The molecule has 2 unspecified atom stereocenters. The summed E-state index contributed by atoms with van der Waals surface area (Å²) in [4.78, 5) is 2.52. The third-order valence-electron chi connectivity index (χ3n) is 3.24. The summed E-state index contributed by atoms with van der Waals surface area (Å²) in [5.74, 6) is 0. The van der Waals surface area contributed by atoms with Crippen LogP contribution in [-0.4, -0.2) is 25.2 Å². The molecule has 0 saturated carbocycles. The molecule has 0 amide bonds. The van der Waals surface area contributed by atoms with Crippen molar-refractivity contribution in [1.82, 2.24) is 5.32 Å². The van der Waals surface area contributed by atoms with Crippen LogP contribution in [-0.2, 0) is 0 Å². The summed E-state index contributed by atoms with van der Waals surface area (Å²) < 4.78 is 1.15. The second kappa shape index (κ2) is 5.19. The zero-order chi connectivity index (χ0) is 11.5. The number of anilines is 1. The van der Waals surface area contributed by atoms with Crippen LogP contribution in [0.4, 0.5) is 5.69 Å². The van der Waals surface area contributed by atoms with Crippen LogP contribution in [0.25, 0.3) is 0 Å². The average Bonchev–Trinajstić information content (AvgIpc) is 2.30. The SMILES string of the molecule is CCC1CNC(C)CN1c1ccc(Br)cc1. The van der Waals surface area contributed by atoms with E-state index in [2.05, 4.69) is 64.3 Å². The Kier molecular flexibility index (Phi) is 3.87. The highest BCUT2D eigenvalue weighted by atomic mass is 79.9. The summed E-state index contributed by atoms with van der Waals surface area (Å²) in [6.45, 7) is 6.69. The average molecular weight is 283 g/mol. The van der Waals surface area contributed by atoms with Gasteiger partial charge >= 0.3 is 0 Å². The van der Waals surface area contributed by atoms with E-state index >= 15 is 0 Å². The minimum Gasteiger partial charge on any atom is -0.366 e. The van der Waals surface area contributed by atoms with Gasteiger partial charge in [-0.15, -0.1) is 0 Å². The standard InChI is InChI=1S/C13H19BrN2/c1-3-12-8-15-10(2)9-16(12)13-6-4-11(14)5-7-13/h4-7,10,12,15H,3,8-9H2,1-2H3. The second-order valence-electron chi connectivity index (χ2n) is 4.50. The highest BCUT2D eigenvalue weighted by Crippen LogP contribution is 2.23. The van der Waals surface area contributed by atoms with Gasteiger partial charge < -0.3 is 10.2 Å². The quantitative estimate of drug-likeness (QED) is 0.897. The predicted molar refractivity (Wildman–Crippen MR) is 73.0 cm³/mol. The molecule has 2 rings (SSSR count). The maximum atomic E-state index is 3.54. The molecule has 1 saturated heterocycles. The van der Waals surface area contributed by atoms with Gasteiger partial charge in [0.2, 0.25) is 0 Å². The van der Waals surface area contributed by atoms with Crippen LogP contribution in [0.3, 0.4) is 0 Å². The van der Waals surface area contributed by atoms with E-state index in [1.165, 1.54) is 12.1 Å². The van der Waals surface area contributed by atoms with Crippen LogP contribution in [0.1, 0.15) is 20.3 Å². The van der Waals surface area contributed by atoms with Gasteiger partial charge in [0.15, 0.2) is 0 Å². The minimum atomic E-state index is 0.575. The van der Waals surface area contributed by atoms with Gasteiger partial charge in [-0.1, -0.05) is 22.9 Å². The van der Waals surface area contributed by atoms with Crippen LogP contribution in [0.5, 0.6) is 0 Å². The van der Waals surface area contributed by atoms with E-state index in [0.29, 0.717) is 12.1 Å². The molecular formula is C13H19BrN2. The molecule has 16 heavy (non-hydrogen) atoms. The number of halogens is 1. The molecule has 0 bridgehead atoms. The zero-order valence-electron chi connectivity index (χ0n) is 9.91. The molecule has 88 valence electrons. The van der Waals surface area contributed by atoms with Gasteiger partial charge in [0.05, 0.1) is 0 Å². The van der Waals surface area contributed by atoms with Gasteiger partial charge in [-0.25, -0.2) is 0 Å². The summed E-state index contributed by atoms with van der Waals surface area (Å²) in [6, 6.07) is 9.84. The molecular weight excluding hydrogens is 264 g/mol. The van der Waals surface area contributed by atoms with Crippen LogP contribution in [0, 0.1) is 0 Å². The van der Waals surface area contributed by atoms with Crippen molar-refractivity contribution in [2.45, 2.75) is 32.4 Å². The molecule has 2 nitrogen and oxygen atoms in total. The van der Waals surface area contributed by atoms with Crippen molar-refractivity contribution >= 4 is 21.6 Å². The fourth-order valence-corrected chi connectivity index (χ4v) is 2.53. The Morgan fingerprint density at radius 1 is 1.38 bits per heavy atom. The second-order valence-corrected chi connectivity index (χ2v) is 5.42. The highest BCUT2D eigenvalue weighted by molar-refractivity contribution is 9.10. The molecule has 0 aromatic heterocycles. The van der Waals surface area contributed by atoms with Gasteiger partial charge in [-0.2, -0.15) is 0 Å². The van der Waals surface area contributed by atoms with Crippen LogP contribution < -0.4 is 10.2 Å². The fraction of sp³-hybridized carbons (Fsp3) is 0.538. The van der Waals surface area contributed by atoms with E-state index in [4.69, 9.17) is 0 Å². The molecule has 1 N–H and O–H groups in total. The van der Waals surface area contributed by atoms with Crippen molar-refractivity contribution in [2.24, 2.45) is 0 Å². The Labute approximate surface area is 106 Å². The molecule has 1 aliphatic rings. The lowest BCUT2D eigenvalue weighted by atomic mass is 10.1. The van der Waals surface area contributed by atoms with E-state index in [1.54, 1.807) is 0 Å². The lowest BCUT2D eigenvalue weighted by Gasteiger charge is -2.40. The van der Waals surface area contributed by atoms with Crippen molar-refractivity contribution in [3.05, 3.63) is 28.7 Å². The molecule has 1 aromatic rings. The molecule has 1 fully saturated rings. The number of nitrogens with one attached hydrogen (secondary N) is 1. The fourth-order valence-electron chi connectivity index (χ4n) is 2.27.